The largest absolute Gasteiger partial charge is 0.325 e. The maximum atomic E-state index is 12.2. The summed E-state index contributed by atoms with van der Waals surface area (Å²) in [5.41, 5.74) is 2.27. The van der Waals surface area contributed by atoms with Gasteiger partial charge in [0.2, 0.25) is 0 Å². The lowest BCUT2D eigenvalue weighted by Gasteiger charge is -2.21. The lowest BCUT2D eigenvalue weighted by Crippen LogP contribution is -2.35. The molecule has 0 aromatic heterocycles. The molecule has 4 nitrogen and oxygen atoms in total. The third-order valence-corrected chi connectivity index (χ3v) is 3.50. The molecular weight excluding hydrogens is 238 g/mol. The first-order valence-corrected chi connectivity index (χ1v) is 6.77. The quantitative estimate of drug-likeness (QED) is 0.839. The van der Waals surface area contributed by atoms with E-state index in [1.807, 2.05) is 17.9 Å². The Bertz CT molecular complexity index is 497. The molecule has 4 heteroatoms. The number of likely N-dealkylation sites (tertiary alicyclic amines) is 1. The van der Waals surface area contributed by atoms with Crippen LogP contribution in [0.1, 0.15) is 36.8 Å². The number of rotatable bonds is 1. The Balaban J connectivity index is 2.07. The number of nitrogens with one attached hydrogen (secondary N) is 1. The van der Waals surface area contributed by atoms with Gasteiger partial charge in [-0.15, -0.1) is 0 Å². The number of nitrogens with zero attached hydrogens (tertiary/aromatic N) is 2. The summed E-state index contributed by atoms with van der Waals surface area (Å²) in [5.74, 6) is 0. The molecule has 0 spiro atoms. The maximum Gasteiger partial charge on any atom is 0.321 e. The molecular formula is C15H19N3O. The Morgan fingerprint density at radius 1 is 1.26 bits per heavy atom. The first-order valence-electron chi connectivity index (χ1n) is 6.77. The third-order valence-electron chi connectivity index (χ3n) is 3.50. The van der Waals surface area contributed by atoms with Gasteiger partial charge >= 0.3 is 6.03 Å². The summed E-state index contributed by atoms with van der Waals surface area (Å²) in [4.78, 5) is 14.1. The van der Waals surface area contributed by atoms with Crippen LogP contribution in [0.15, 0.2) is 18.2 Å². The van der Waals surface area contributed by atoms with Crippen molar-refractivity contribution < 1.29 is 4.79 Å². The fourth-order valence-electron chi connectivity index (χ4n) is 2.29. The van der Waals surface area contributed by atoms with Gasteiger partial charge in [0, 0.05) is 18.8 Å². The highest BCUT2D eigenvalue weighted by Gasteiger charge is 2.16. The summed E-state index contributed by atoms with van der Waals surface area (Å²) in [7, 11) is 0. The molecule has 1 aliphatic rings. The Hall–Kier alpha value is -2.02. The predicted molar refractivity (Wildman–Crippen MR) is 75.0 cm³/mol. The number of aryl methyl sites for hydroxylation is 1. The molecule has 1 fully saturated rings. The standard InChI is InChI=1S/C15H19N3O/c1-12-6-7-13(11-16)10-14(12)17-15(19)18-8-4-2-3-5-9-18/h6-7,10H,2-5,8-9H2,1H3,(H,17,19). The first-order chi connectivity index (χ1) is 9.20. The van der Waals surface area contributed by atoms with Gasteiger partial charge in [-0.1, -0.05) is 18.9 Å². The smallest absolute Gasteiger partial charge is 0.321 e. The maximum absolute atomic E-state index is 12.2. The number of carbonyl (C=O) groups excluding carboxylic acids is 1. The van der Waals surface area contributed by atoms with Crippen LogP contribution in [0.4, 0.5) is 10.5 Å². The number of hydrogen-bond acceptors (Lipinski definition) is 2. The highest BCUT2D eigenvalue weighted by atomic mass is 16.2. The van der Waals surface area contributed by atoms with Gasteiger partial charge < -0.3 is 10.2 Å². The third kappa shape index (κ3) is 3.47. The van der Waals surface area contributed by atoms with Crippen molar-refractivity contribution in [1.29, 1.82) is 5.26 Å². The molecule has 1 aromatic carbocycles. The zero-order chi connectivity index (χ0) is 13.7. The second-order valence-corrected chi connectivity index (χ2v) is 4.97. The van der Waals surface area contributed by atoms with Crippen molar-refractivity contribution in [2.24, 2.45) is 0 Å². The van der Waals surface area contributed by atoms with Crippen molar-refractivity contribution in [3.8, 4) is 6.07 Å². The molecule has 0 atom stereocenters. The number of nitriles is 1. The summed E-state index contributed by atoms with van der Waals surface area (Å²) >= 11 is 0. The van der Waals surface area contributed by atoms with E-state index >= 15 is 0 Å². The van der Waals surface area contributed by atoms with Crippen LogP contribution in [-0.4, -0.2) is 24.0 Å². The van der Waals surface area contributed by atoms with Crippen molar-refractivity contribution in [2.45, 2.75) is 32.6 Å². The fourth-order valence-corrected chi connectivity index (χ4v) is 2.29. The zero-order valence-electron chi connectivity index (χ0n) is 11.3. The molecule has 0 unspecified atom stereocenters. The molecule has 0 bridgehead atoms. The monoisotopic (exact) mass is 257 g/mol. The van der Waals surface area contributed by atoms with Crippen LogP contribution in [0, 0.1) is 18.3 Å². The van der Waals surface area contributed by atoms with Gasteiger partial charge in [-0.2, -0.15) is 5.26 Å². The average molecular weight is 257 g/mol. The summed E-state index contributed by atoms with van der Waals surface area (Å²) in [5, 5.41) is 11.8. The molecule has 1 aromatic rings. The number of amides is 2. The van der Waals surface area contributed by atoms with E-state index < -0.39 is 0 Å². The molecule has 0 aliphatic carbocycles. The highest BCUT2D eigenvalue weighted by Crippen LogP contribution is 2.18. The SMILES string of the molecule is Cc1ccc(C#N)cc1NC(=O)N1CCCCCC1. The van der Waals surface area contributed by atoms with Crippen molar-refractivity contribution >= 4 is 11.7 Å². The van der Waals surface area contributed by atoms with Crippen molar-refractivity contribution in [1.82, 2.24) is 4.90 Å². The van der Waals surface area contributed by atoms with E-state index in [9.17, 15) is 4.79 Å². The second kappa shape index (κ2) is 6.24. The van der Waals surface area contributed by atoms with E-state index in [-0.39, 0.29) is 6.03 Å². The molecule has 2 rings (SSSR count). The Morgan fingerprint density at radius 3 is 2.58 bits per heavy atom. The van der Waals surface area contributed by atoms with E-state index in [1.54, 1.807) is 12.1 Å². The number of carbonyl (C=O) groups is 1. The van der Waals surface area contributed by atoms with Gasteiger partial charge in [0.25, 0.3) is 0 Å². The minimum Gasteiger partial charge on any atom is -0.325 e. The normalized spacial score (nSPS) is 15.5. The topological polar surface area (TPSA) is 56.1 Å². The zero-order valence-corrected chi connectivity index (χ0v) is 11.3. The summed E-state index contributed by atoms with van der Waals surface area (Å²) in [6, 6.07) is 7.38. The van der Waals surface area contributed by atoms with E-state index in [4.69, 9.17) is 5.26 Å². The van der Waals surface area contributed by atoms with Crippen LogP contribution in [0.3, 0.4) is 0 Å². The summed E-state index contributed by atoms with van der Waals surface area (Å²) in [6.07, 6.45) is 4.55. The minimum atomic E-state index is -0.0555. The van der Waals surface area contributed by atoms with Crippen molar-refractivity contribution in [2.75, 3.05) is 18.4 Å². The van der Waals surface area contributed by atoms with Crippen LogP contribution < -0.4 is 5.32 Å². The first kappa shape index (κ1) is 13.4. The predicted octanol–water partition coefficient (Wildman–Crippen LogP) is 3.27. The average Bonchev–Trinajstić information content (AvgIpc) is 2.70. The summed E-state index contributed by atoms with van der Waals surface area (Å²) < 4.78 is 0. The van der Waals surface area contributed by atoms with Crippen molar-refractivity contribution in [3.05, 3.63) is 29.3 Å². The lowest BCUT2D eigenvalue weighted by atomic mass is 10.1. The van der Waals surface area contributed by atoms with Gasteiger partial charge in [-0.05, 0) is 37.5 Å². The number of urea groups is 1. The molecule has 19 heavy (non-hydrogen) atoms. The highest BCUT2D eigenvalue weighted by molar-refractivity contribution is 5.90. The molecule has 100 valence electrons. The fraction of sp³-hybridized carbons (Fsp3) is 0.467. The second-order valence-electron chi connectivity index (χ2n) is 4.97. The Labute approximate surface area is 114 Å². The van der Waals surface area contributed by atoms with Gasteiger partial charge in [-0.25, -0.2) is 4.79 Å². The minimum absolute atomic E-state index is 0.0555. The molecule has 2 amide bonds. The van der Waals surface area contributed by atoms with Gasteiger partial charge in [0.1, 0.15) is 0 Å². The Morgan fingerprint density at radius 2 is 1.95 bits per heavy atom. The lowest BCUT2D eigenvalue weighted by molar-refractivity contribution is 0.213. The molecule has 1 aliphatic heterocycles. The van der Waals surface area contributed by atoms with Crippen molar-refractivity contribution in [3.63, 3.8) is 0 Å². The number of benzene rings is 1. The molecule has 0 saturated carbocycles. The van der Waals surface area contributed by atoms with Crippen LogP contribution in [0.2, 0.25) is 0 Å². The van der Waals surface area contributed by atoms with Crippen LogP contribution in [0.5, 0.6) is 0 Å². The summed E-state index contributed by atoms with van der Waals surface area (Å²) in [6.45, 7) is 3.57. The van der Waals surface area contributed by atoms with Crippen LogP contribution in [0.25, 0.3) is 0 Å². The molecule has 0 radical (unpaired) electrons. The van der Waals surface area contributed by atoms with Gasteiger partial charge in [0.05, 0.1) is 11.6 Å². The molecule has 1 N–H and O–H groups in total. The number of hydrogen-bond donors (Lipinski definition) is 1. The van der Waals surface area contributed by atoms with E-state index in [1.165, 1.54) is 12.8 Å². The van der Waals surface area contributed by atoms with Gasteiger partial charge in [-0.3, -0.25) is 0 Å². The van der Waals surface area contributed by atoms with E-state index in [2.05, 4.69) is 11.4 Å². The van der Waals surface area contributed by atoms with Crippen LogP contribution >= 0.6 is 0 Å². The van der Waals surface area contributed by atoms with Gasteiger partial charge in [0.15, 0.2) is 0 Å². The number of anilines is 1. The molecule has 1 saturated heterocycles. The van der Waals surface area contributed by atoms with Crippen LogP contribution in [-0.2, 0) is 0 Å². The van der Waals surface area contributed by atoms with E-state index in [0.717, 1.165) is 37.2 Å². The van der Waals surface area contributed by atoms with E-state index in [0.29, 0.717) is 5.56 Å². The molecule has 1 heterocycles. The Kier molecular flexibility index (Phi) is 4.40.